The van der Waals surface area contributed by atoms with Gasteiger partial charge in [0.15, 0.2) is 0 Å². The van der Waals surface area contributed by atoms with Crippen LogP contribution in [0.4, 0.5) is 15.3 Å². The number of nitrogens with one attached hydrogen (secondary N) is 3. The predicted octanol–water partition coefficient (Wildman–Crippen LogP) is 4.27. The van der Waals surface area contributed by atoms with E-state index in [1.165, 1.54) is 19.3 Å². The maximum Gasteiger partial charge on any atom is 0.319 e. The first-order valence-electron chi connectivity index (χ1n) is 11.3. The van der Waals surface area contributed by atoms with E-state index in [4.69, 9.17) is 4.74 Å². The number of rotatable bonds is 6. The van der Waals surface area contributed by atoms with Crippen molar-refractivity contribution in [2.75, 3.05) is 32.1 Å². The molecule has 1 aromatic carbocycles. The molecule has 0 spiro atoms. The molecular formula is C23H36N4O3. The molecular weight excluding hydrogens is 380 g/mol. The Balaban J connectivity index is 1.33. The lowest BCUT2D eigenvalue weighted by Gasteiger charge is -2.34. The van der Waals surface area contributed by atoms with Crippen LogP contribution in [0, 0.1) is 12.8 Å². The van der Waals surface area contributed by atoms with Crippen LogP contribution in [0.15, 0.2) is 18.2 Å². The summed E-state index contributed by atoms with van der Waals surface area (Å²) in [5, 5.41) is 9.01. The van der Waals surface area contributed by atoms with Crippen LogP contribution >= 0.6 is 0 Å². The summed E-state index contributed by atoms with van der Waals surface area (Å²) >= 11 is 0. The van der Waals surface area contributed by atoms with Crippen LogP contribution in [0.1, 0.15) is 56.9 Å². The van der Waals surface area contributed by atoms with Crippen molar-refractivity contribution in [1.82, 2.24) is 15.5 Å². The van der Waals surface area contributed by atoms with Gasteiger partial charge in [-0.15, -0.1) is 0 Å². The summed E-state index contributed by atoms with van der Waals surface area (Å²) in [5.74, 6) is 1.19. The van der Waals surface area contributed by atoms with Gasteiger partial charge in [-0.3, -0.25) is 0 Å². The van der Waals surface area contributed by atoms with Crippen molar-refractivity contribution in [2.45, 2.75) is 64.3 Å². The minimum atomic E-state index is -0.219. The van der Waals surface area contributed by atoms with E-state index in [0.29, 0.717) is 29.9 Å². The number of urea groups is 2. The average molecular weight is 417 g/mol. The summed E-state index contributed by atoms with van der Waals surface area (Å²) in [5.41, 5.74) is 1.73. The van der Waals surface area contributed by atoms with Crippen molar-refractivity contribution in [1.29, 1.82) is 0 Å². The molecule has 3 rings (SSSR count). The van der Waals surface area contributed by atoms with E-state index in [9.17, 15) is 9.59 Å². The van der Waals surface area contributed by atoms with Crippen LogP contribution in [0.5, 0.6) is 5.75 Å². The van der Waals surface area contributed by atoms with Crippen molar-refractivity contribution < 1.29 is 14.3 Å². The van der Waals surface area contributed by atoms with Gasteiger partial charge in [-0.2, -0.15) is 0 Å². The SMILES string of the molecule is COc1ccc(C)cc1NC(=O)NCCC1CCN(C(=O)NC2CCCCC2)CC1. The number of piperidine rings is 1. The lowest BCUT2D eigenvalue weighted by Crippen LogP contribution is -2.48. The lowest BCUT2D eigenvalue weighted by molar-refractivity contribution is 0.162. The third kappa shape index (κ3) is 6.54. The molecule has 1 aromatic rings. The van der Waals surface area contributed by atoms with E-state index < -0.39 is 0 Å². The monoisotopic (exact) mass is 416 g/mol. The molecule has 166 valence electrons. The van der Waals surface area contributed by atoms with Crippen molar-refractivity contribution in [3.05, 3.63) is 23.8 Å². The maximum absolute atomic E-state index is 12.5. The summed E-state index contributed by atoms with van der Waals surface area (Å²) < 4.78 is 5.30. The molecule has 2 aliphatic rings. The van der Waals surface area contributed by atoms with E-state index >= 15 is 0 Å². The highest BCUT2D eigenvalue weighted by molar-refractivity contribution is 5.91. The summed E-state index contributed by atoms with van der Waals surface area (Å²) in [4.78, 5) is 26.6. The Hall–Kier alpha value is -2.44. The van der Waals surface area contributed by atoms with Crippen LogP contribution < -0.4 is 20.7 Å². The molecule has 30 heavy (non-hydrogen) atoms. The number of methoxy groups -OCH3 is 1. The molecule has 0 aromatic heterocycles. The van der Waals surface area contributed by atoms with Gasteiger partial charge in [0.25, 0.3) is 0 Å². The fourth-order valence-electron chi connectivity index (χ4n) is 4.41. The number of nitrogens with zero attached hydrogens (tertiary/aromatic N) is 1. The van der Waals surface area contributed by atoms with Gasteiger partial charge in [0.05, 0.1) is 12.8 Å². The zero-order valence-electron chi connectivity index (χ0n) is 18.3. The van der Waals surface area contributed by atoms with Gasteiger partial charge < -0.3 is 25.6 Å². The van der Waals surface area contributed by atoms with Gasteiger partial charge in [0.1, 0.15) is 5.75 Å². The molecule has 7 heteroatoms. The quantitative estimate of drug-likeness (QED) is 0.648. The molecule has 7 nitrogen and oxygen atoms in total. The number of likely N-dealkylation sites (tertiary alicyclic amines) is 1. The van der Waals surface area contributed by atoms with Gasteiger partial charge in [0.2, 0.25) is 0 Å². The smallest absolute Gasteiger partial charge is 0.319 e. The fourth-order valence-corrected chi connectivity index (χ4v) is 4.41. The first-order chi connectivity index (χ1) is 14.5. The number of amides is 4. The molecule has 0 atom stereocenters. The molecule has 1 saturated heterocycles. The van der Waals surface area contributed by atoms with Gasteiger partial charge in [-0.25, -0.2) is 9.59 Å². The number of aryl methyl sites for hydroxylation is 1. The van der Waals surface area contributed by atoms with Crippen LogP contribution in [-0.4, -0.2) is 49.7 Å². The number of benzene rings is 1. The Morgan fingerprint density at radius 1 is 1.10 bits per heavy atom. The summed E-state index contributed by atoms with van der Waals surface area (Å²) in [7, 11) is 1.59. The molecule has 0 unspecified atom stereocenters. The highest BCUT2D eigenvalue weighted by Gasteiger charge is 2.25. The average Bonchev–Trinajstić information content (AvgIpc) is 2.75. The molecule has 0 radical (unpaired) electrons. The predicted molar refractivity (Wildman–Crippen MR) is 119 cm³/mol. The zero-order chi connectivity index (χ0) is 21.3. The molecule has 1 aliphatic heterocycles. The van der Waals surface area contributed by atoms with Gasteiger partial charge in [-0.1, -0.05) is 25.3 Å². The lowest BCUT2D eigenvalue weighted by atomic mass is 9.93. The van der Waals surface area contributed by atoms with Crippen LogP contribution in [0.2, 0.25) is 0 Å². The Morgan fingerprint density at radius 2 is 1.83 bits per heavy atom. The van der Waals surface area contributed by atoms with Crippen LogP contribution in [0.3, 0.4) is 0 Å². The van der Waals surface area contributed by atoms with Crippen LogP contribution in [0.25, 0.3) is 0 Å². The molecule has 3 N–H and O–H groups in total. The van der Waals surface area contributed by atoms with Crippen molar-refractivity contribution in [3.8, 4) is 5.75 Å². The van der Waals surface area contributed by atoms with Gasteiger partial charge in [0, 0.05) is 25.7 Å². The Labute approximate surface area is 179 Å². The zero-order valence-corrected chi connectivity index (χ0v) is 18.3. The van der Waals surface area contributed by atoms with Crippen LogP contribution in [-0.2, 0) is 0 Å². The van der Waals surface area contributed by atoms with Gasteiger partial charge >= 0.3 is 12.1 Å². The third-order valence-electron chi connectivity index (χ3n) is 6.28. The molecule has 4 amide bonds. The third-order valence-corrected chi connectivity index (χ3v) is 6.28. The normalized spacial score (nSPS) is 18.0. The fraction of sp³-hybridized carbons (Fsp3) is 0.652. The van der Waals surface area contributed by atoms with Crippen molar-refractivity contribution >= 4 is 17.7 Å². The van der Waals surface area contributed by atoms with E-state index in [1.807, 2.05) is 30.0 Å². The molecule has 1 aliphatic carbocycles. The topological polar surface area (TPSA) is 82.7 Å². The first-order valence-corrected chi connectivity index (χ1v) is 11.3. The minimum absolute atomic E-state index is 0.102. The van der Waals surface area contributed by atoms with E-state index in [0.717, 1.165) is 50.8 Å². The highest BCUT2D eigenvalue weighted by Crippen LogP contribution is 2.25. The number of carbonyl (C=O) groups is 2. The summed E-state index contributed by atoms with van der Waals surface area (Å²) in [6.07, 6.45) is 8.89. The van der Waals surface area contributed by atoms with Crippen molar-refractivity contribution in [2.24, 2.45) is 5.92 Å². The highest BCUT2D eigenvalue weighted by atomic mass is 16.5. The summed E-state index contributed by atoms with van der Waals surface area (Å²) in [6, 6.07) is 5.94. The second-order valence-electron chi connectivity index (χ2n) is 8.59. The Kier molecular flexibility index (Phi) is 8.22. The Bertz CT molecular complexity index is 710. The number of ether oxygens (including phenoxy) is 1. The van der Waals surface area contributed by atoms with Crippen molar-refractivity contribution in [3.63, 3.8) is 0 Å². The second-order valence-corrected chi connectivity index (χ2v) is 8.59. The molecule has 1 heterocycles. The molecule has 2 fully saturated rings. The number of carbonyl (C=O) groups excluding carboxylic acids is 2. The number of hydrogen-bond acceptors (Lipinski definition) is 3. The first kappa shape index (κ1) is 22.2. The number of anilines is 1. The number of hydrogen-bond donors (Lipinski definition) is 3. The summed E-state index contributed by atoms with van der Waals surface area (Å²) in [6.45, 7) is 4.20. The van der Waals surface area contributed by atoms with E-state index in [1.54, 1.807) is 7.11 Å². The maximum atomic E-state index is 12.5. The van der Waals surface area contributed by atoms with E-state index in [2.05, 4.69) is 16.0 Å². The second kappa shape index (κ2) is 11.1. The molecule has 0 bridgehead atoms. The Morgan fingerprint density at radius 3 is 2.53 bits per heavy atom. The molecule has 1 saturated carbocycles. The largest absolute Gasteiger partial charge is 0.495 e. The minimum Gasteiger partial charge on any atom is -0.495 e. The van der Waals surface area contributed by atoms with E-state index in [-0.39, 0.29) is 12.1 Å². The van der Waals surface area contributed by atoms with Gasteiger partial charge in [-0.05, 0) is 62.6 Å². The standard InChI is InChI=1S/C23H36N4O3/c1-17-8-9-21(30-2)20(16-17)26-22(28)24-13-10-18-11-14-27(15-12-18)23(29)25-19-6-4-3-5-7-19/h8-9,16,18-19H,3-7,10-15H2,1-2H3,(H,25,29)(H2,24,26,28).